The molecule has 0 N–H and O–H groups in total. The van der Waals surface area contributed by atoms with Gasteiger partial charge in [0.25, 0.3) is 0 Å². The number of carbonyl (C=O) groups excluding carboxylic acids is 2. The summed E-state index contributed by atoms with van der Waals surface area (Å²) in [5.41, 5.74) is 0. The molecule has 0 aromatic heterocycles. The first-order chi connectivity index (χ1) is 4.16. The first-order valence-corrected chi connectivity index (χ1v) is 2.52. The van der Waals surface area contributed by atoms with Crippen LogP contribution in [0.3, 0.4) is 0 Å². The first-order valence-electron chi connectivity index (χ1n) is 2.52. The second-order valence-electron chi connectivity index (χ2n) is 1.28. The van der Waals surface area contributed by atoms with Crippen LogP contribution in [0.1, 0.15) is 16.7 Å². The van der Waals surface area contributed by atoms with Crippen LogP contribution in [0.15, 0.2) is 0 Å². The third-order valence-electron chi connectivity index (χ3n) is 0.489. The second kappa shape index (κ2) is 6.82. The fourth-order valence-corrected chi connectivity index (χ4v) is 0.265. The van der Waals surface area contributed by atoms with Crippen LogP contribution in [-0.4, -0.2) is 41.8 Å². The fourth-order valence-electron chi connectivity index (χ4n) is 0.265. The quantitative estimate of drug-likeness (QED) is 0.318. The maximum Gasteiger partial charge on any atom is 2.00 e. The monoisotopic (exact) mass is 158 g/mol. The largest absolute Gasteiger partial charge is 2.00 e. The molecule has 0 rings (SSSR count). The van der Waals surface area contributed by atoms with Crippen molar-refractivity contribution in [3.8, 4) is 0 Å². The van der Waals surface area contributed by atoms with Gasteiger partial charge in [0.2, 0.25) is 0 Å². The van der Waals surface area contributed by atoms with Crippen LogP contribution >= 0.6 is 0 Å². The summed E-state index contributed by atoms with van der Waals surface area (Å²) < 4.78 is 8.26. The van der Waals surface area contributed by atoms with E-state index in [0.29, 0.717) is 0 Å². The van der Waals surface area contributed by atoms with Gasteiger partial charge in [-0.1, -0.05) is 0 Å². The smallest absolute Gasteiger partial charge is 1.00 e. The van der Waals surface area contributed by atoms with Gasteiger partial charge in [-0.25, -0.2) is 4.79 Å². The Hall–Kier alpha value is -0.294. The molecule has 0 aliphatic rings. The molecule has 0 amide bonds. The molecule has 0 aromatic rings. The van der Waals surface area contributed by atoms with E-state index in [9.17, 15) is 9.59 Å². The van der Waals surface area contributed by atoms with Gasteiger partial charge < -0.3 is 12.3 Å². The third kappa shape index (κ3) is 7.71. The standard InChI is InChI=1S/C5H8O4.Mg.2H/c1-3-8-5(7)9-4(2)6;;;/h3H2,1-2H3;;;/q;+2;2*-1. The van der Waals surface area contributed by atoms with Gasteiger partial charge in [0, 0.05) is 6.92 Å². The van der Waals surface area contributed by atoms with Crippen LogP contribution in [0.4, 0.5) is 4.79 Å². The number of esters is 1. The van der Waals surface area contributed by atoms with Gasteiger partial charge in [-0.05, 0) is 6.92 Å². The van der Waals surface area contributed by atoms with Crippen molar-refractivity contribution in [1.82, 2.24) is 0 Å². The van der Waals surface area contributed by atoms with E-state index in [4.69, 9.17) is 0 Å². The third-order valence-corrected chi connectivity index (χ3v) is 0.489. The molecule has 10 heavy (non-hydrogen) atoms. The van der Waals surface area contributed by atoms with Crippen LogP contribution in [0.5, 0.6) is 0 Å². The van der Waals surface area contributed by atoms with E-state index in [1.807, 2.05) is 0 Å². The van der Waals surface area contributed by atoms with Crippen molar-refractivity contribution in [2.75, 3.05) is 6.61 Å². The molecule has 0 aliphatic carbocycles. The molecule has 0 aliphatic heterocycles. The molecule has 0 saturated heterocycles. The van der Waals surface area contributed by atoms with Crippen molar-refractivity contribution in [2.24, 2.45) is 0 Å². The molecule has 0 aromatic carbocycles. The maximum absolute atomic E-state index is 10.2. The topological polar surface area (TPSA) is 52.6 Å². The summed E-state index contributed by atoms with van der Waals surface area (Å²) in [5, 5.41) is 0. The van der Waals surface area contributed by atoms with Crippen molar-refractivity contribution in [3.05, 3.63) is 0 Å². The Morgan fingerprint density at radius 1 is 1.50 bits per heavy atom. The predicted octanol–water partition coefficient (Wildman–Crippen LogP) is 0.550. The van der Waals surface area contributed by atoms with E-state index >= 15 is 0 Å². The minimum Gasteiger partial charge on any atom is -1.00 e. The molecule has 0 radical (unpaired) electrons. The van der Waals surface area contributed by atoms with Crippen LogP contribution in [0, 0.1) is 0 Å². The molecule has 4 nitrogen and oxygen atoms in total. The zero-order valence-corrected chi connectivity index (χ0v) is 7.46. The molecule has 0 fully saturated rings. The molecular formula is C5H10MgO4. The van der Waals surface area contributed by atoms with Crippen molar-refractivity contribution in [3.63, 3.8) is 0 Å². The number of ether oxygens (including phenoxy) is 2. The van der Waals surface area contributed by atoms with E-state index < -0.39 is 12.1 Å². The number of hydrogen-bond donors (Lipinski definition) is 0. The molecular weight excluding hydrogens is 148 g/mol. The minimum absolute atomic E-state index is 0. The molecule has 0 heterocycles. The van der Waals surface area contributed by atoms with Crippen molar-refractivity contribution in [1.29, 1.82) is 0 Å². The number of rotatable bonds is 1. The Kier molecular flexibility index (Phi) is 8.45. The van der Waals surface area contributed by atoms with Gasteiger partial charge in [-0.15, -0.1) is 0 Å². The van der Waals surface area contributed by atoms with Crippen molar-refractivity contribution < 1.29 is 21.9 Å². The van der Waals surface area contributed by atoms with Gasteiger partial charge in [0.1, 0.15) is 0 Å². The summed E-state index contributed by atoms with van der Waals surface area (Å²) in [5.74, 6) is -0.659. The Bertz CT molecular complexity index is 131. The molecule has 56 valence electrons. The van der Waals surface area contributed by atoms with E-state index in [-0.39, 0.29) is 32.5 Å². The van der Waals surface area contributed by atoms with Crippen LogP contribution < -0.4 is 0 Å². The molecule has 0 spiro atoms. The molecule has 5 heteroatoms. The Morgan fingerprint density at radius 2 is 2.00 bits per heavy atom. The zero-order chi connectivity index (χ0) is 7.28. The van der Waals surface area contributed by atoms with E-state index in [2.05, 4.69) is 9.47 Å². The Morgan fingerprint density at radius 3 is 2.30 bits per heavy atom. The fraction of sp³-hybridized carbons (Fsp3) is 0.600. The van der Waals surface area contributed by atoms with Crippen molar-refractivity contribution in [2.45, 2.75) is 13.8 Å². The van der Waals surface area contributed by atoms with Gasteiger partial charge in [-0.3, -0.25) is 4.79 Å². The summed E-state index contributed by atoms with van der Waals surface area (Å²) in [6, 6.07) is 0. The normalized spacial score (nSPS) is 7.40. The molecule has 0 bridgehead atoms. The average Bonchev–Trinajstić information content (AvgIpc) is 1.63. The predicted molar refractivity (Wildman–Crippen MR) is 36.8 cm³/mol. The van der Waals surface area contributed by atoms with Gasteiger partial charge >= 0.3 is 35.2 Å². The first kappa shape index (κ1) is 12.4. The van der Waals surface area contributed by atoms with Crippen molar-refractivity contribution >= 4 is 35.2 Å². The van der Waals surface area contributed by atoms with Gasteiger partial charge in [0.05, 0.1) is 6.61 Å². The average molecular weight is 158 g/mol. The zero-order valence-electron chi connectivity index (χ0n) is 8.05. The Balaban J connectivity index is -0.000000107. The van der Waals surface area contributed by atoms with Crippen LogP contribution in [-0.2, 0) is 14.3 Å². The second-order valence-corrected chi connectivity index (χ2v) is 1.28. The molecule has 0 atom stereocenters. The summed E-state index contributed by atoms with van der Waals surface area (Å²) in [6.07, 6.45) is -0.940. The number of hydrogen-bond acceptors (Lipinski definition) is 4. The minimum atomic E-state index is -0.940. The SMILES string of the molecule is CCOC(=O)OC(C)=O.[H-].[H-].[Mg+2]. The Labute approximate surface area is 78.0 Å². The summed E-state index contributed by atoms with van der Waals surface area (Å²) in [4.78, 5) is 20.2. The molecule has 0 unspecified atom stereocenters. The van der Waals surface area contributed by atoms with Crippen LogP contribution in [0.2, 0.25) is 0 Å². The summed E-state index contributed by atoms with van der Waals surface area (Å²) in [6.45, 7) is 2.98. The van der Waals surface area contributed by atoms with Gasteiger partial charge in [-0.2, -0.15) is 0 Å². The summed E-state index contributed by atoms with van der Waals surface area (Å²) in [7, 11) is 0. The van der Waals surface area contributed by atoms with E-state index in [1.54, 1.807) is 6.92 Å². The molecule has 0 saturated carbocycles. The van der Waals surface area contributed by atoms with Gasteiger partial charge in [0.15, 0.2) is 0 Å². The maximum atomic E-state index is 10.2. The number of carbonyl (C=O) groups is 2. The van der Waals surface area contributed by atoms with E-state index in [0.717, 1.165) is 6.92 Å². The summed E-state index contributed by atoms with van der Waals surface area (Å²) >= 11 is 0. The van der Waals surface area contributed by atoms with E-state index in [1.165, 1.54) is 0 Å². The van der Waals surface area contributed by atoms with Crippen LogP contribution in [0.25, 0.3) is 0 Å².